The third-order valence-electron chi connectivity index (χ3n) is 5.81. The highest BCUT2D eigenvalue weighted by atomic mass is 127. The molecule has 0 fully saturated rings. The summed E-state index contributed by atoms with van der Waals surface area (Å²) < 4.78 is 55.7. The van der Waals surface area contributed by atoms with E-state index in [-0.39, 0.29) is 21.5 Å². The van der Waals surface area contributed by atoms with E-state index in [1.165, 1.54) is 37.3 Å². The highest BCUT2D eigenvalue weighted by Gasteiger charge is 2.45. The SMILES string of the molecule is CCOC(=O)C1=C(C(F)(F)F)N=c2s/c(=C\c3ccc(-c4ccc(I)cc4)o3)c(=O)n2[C@H]1c1ccc(Cl)cc1. The molecule has 39 heavy (non-hydrogen) atoms. The van der Waals surface area contributed by atoms with E-state index in [9.17, 15) is 22.8 Å². The number of hydrogen-bond donors (Lipinski definition) is 0. The van der Waals surface area contributed by atoms with E-state index < -0.39 is 35.0 Å². The lowest BCUT2D eigenvalue weighted by molar-refractivity contribution is -0.140. The summed E-state index contributed by atoms with van der Waals surface area (Å²) in [4.78, 5) is 30.0. The molecule has 0 saturated heterocycles. The Kier molecular flexibility index (Phi) is 7.57. The largest absolute Gasteiger partial charge is 0.463 e. The second-order valence-corrected chi connectivity index (χ2v) is 11.0. The molecule has 1 atom stereocenters. The van der Waals surface area contributed by atoms with Crippen LogP contribution in [-0.2, 0) is 9.53 Å². The van der Waals surface area contributed by atoms with Crippen molar-refractivity contribution in [3.8, 4) is 11.3 Å². The Morgan fingerprint density at radius 2 is 1.85 bits per heavy atom. The maximum Gasteiger partial charge on any atom is 0.434 e. The van der Waals surface area contributed by atoms with E-state index in [2.05, 4.69) is 27.6 Å². The molecular formula is C27H17ClF3IN2O4S. The maximum absolute atomic E-state index is 14.2. The van der Waals surface area contributed by atoms with Crippen LogP contribution in [0.15, 0.2) is 86.1 Å². The Bertz CT molecular complexity index is 1770. The number of halogens is 5. The molecule has 0 unspecified atom stereocenters. The van der Waals surface area contributed by atoms with Crippen molar-refractivity contribution in [2.24, 2.45) is 4.99 Å². The Morgan fingerprint density at radius 1 is 1.15 bits per heavy atom. The van der Waals surface area contributed by atoms with E-state index in [4.69, 9.17) is 20.8 Å². The highest BCUT2D eigenvalue weighted by Crippen LogP contribution is 2.38. The van der Waals surface area contributed by atoms with Crippen LogP contribution in [0.1, 0.15) is 24.3 Å². The molecule has 3 heterocycles. The van der Waals surface area contributed by atoms with Gasteiger partial charge in [0.2, 0.25) is 0 Å². The summed E-state index contributed by atoms with van der Waals surface area (Å²) in [5, 5.41) is 0.339. The molecule has 2 aromatic heterocycles. The number of furan rings is 1. The second kappa shape index (κ2) is 10.8. The molecule has 2 aromatic carbocycles. The maximum atomic E-state index is 14.2. The predicted molar refractivity (Wildman–Crippen MR) is 149 cm³/mol. The average molecular weight is 685 g/mol. The number of thiazole rings is 1. The van der Waals surface area contributed by atoms with Crippen molar-refractivity contribution in [3.05, 3.63) is 112 Å². The minimum Gasteiger partial charge on any atom is -0.463 e. The van der Waals surface area contributed by atoms with Gasteiger partial charge in [0.1, 0.15) is 11.5 Å². The number of benzene rings is 2. The minimum absolute atomic E-state index is 0.0860. The monoisotopic (exact) mass is 684 g/mol. The number of esters is 1. The minimum atomic E-state index is -4.98. The summed E-state index contributed by atoms with van der Waals surface area (Å²) in [6.07, 6.45) is -3.54. The Balaban J connectivity index is 1.70. The van der Waals surface area contributed by atoms with Crippen LogP contribution in [-0.4, -0.2) is 23.3 Å². The normalized spacial score (nSPS) is 15.7. The molecule has 0 amide bonds. The summed E-state index contributed by atoms with van der Waals surface area (Å²) in [6, 6.07) is 15.4. The first-order valence-electron chi connectivity index (χ1n) is 11.5. The fourth-order valence-corrected chi connectivity index (χ4v) is 5.60. The van der Waals surface area contributed by atoms with Gasteiger partial charge in [-0.2, -0.15) is 13.2 Å². The lowest BCUT2D eigenvalue weighted by atomic mass is 9.95. The smallest absolute Gasteiger partial charge is 0.434 e. The van der Waals surface area contributed by atoms with Crippen LogP contribution in [0, 0.1) is 3.57 Å². The second-order valence-electron chi connectivity index (χ2n) is 8.32. The first-order chi connectivity index (χ1) is 18.6. The van der Waals surface area contributed by atoms with Crippen molar-refractivity contribution in [2.45, 2.75) is 19.1 Å². The van der Waals surface area contributed by atoms with E-state index in [1.54, 1.807) is 12.1 Å². The first kappa shape index (κ1) is 27.4. The number of alkyl halides is 3. The van der Waals surface area contributed by atoms with E-state index >= 15 is 0 Å². The summed E-state index contributed by atoms with van der Waals surface area (Å²) in [6.45, 7) is 1.32. The number of rotatable bonds is 5. The van der Waals surface area contributed by atoms with Crippen LogP contribution < -0.4 is 14.9 Å². The van der Waals surface area contributed by atoms with Crippen molar-refractivity contribution in [2.75, 3.05) is 6.61 Å². The van der Waals surface area contributed by atoms with Crippen LogP contribution in [0.3, 0.4) is 0 Å². The summed E-state index contributed by atoms with van der Waals surface area (Å²) in [5.74, 6) is -0.318. The molecule has 1 aliphatic rings. The van der Waals surface area contributed by atoms with Gasteiger partial charge in [-0.15, -0.1) is 0 Å². The van der Waals surface area contributed by atoms with Crippen LogP contribution >= 0.6 is 45.5 Å². The molecule has 12 heteroatoms. The van der Waals surface area contributed by atoms with E-state index in [1.807, 2.05) is 24.3 Å². The first-order valence-corrected chi connectivity index (χ1v) is 13.8. The Hall–Kier alpha value is -3.16. The summed E-state index contributed by atoms with van der Waals surface area (Å²) in [5.41, 5.74) is -1.75. The van der Waals surface area contributed by atoms with Gasteiger partial charge < -0.3 is 9.15 Å². The van der Waals surface area contributed by atoms with Gasteiger partial charge in [0.05, 0.1) is 22.8 Å². The molecule has 1 aliphatic heterocycles. The van der Waals surface area contributed by atoms with Crippen molar-refractivity contribution < 1.29 is 27.1 Å². The number of carbonyl (C=O) groups is 1. The number of aromatic nitrogens is 1. The van der Waals surface area contributed by atoms with Crippen LogP contribution in [0.5, 0.6) is 0 Å². The quantitative estimate of drug-likeness (QED) is 0.195. The zero-order valence-electron chi connectivity index (χ0n) is 20.0. The lowest BCUT2D eigenvalue weighted by Crippen LogP contribution is -2.41. The van der Waals surface area contributed by atoms with Crippen LogP contribution in [0.25, 0.3) is 17.4 Å². The van der Waals surface area contributed by atoms with Gasteiger partial charge in [0.25, 0.3) is 5.56 Å². The van der Waals surface area contributed by atoms with Gasteiger partial charge in [0, 0.05) is 20.2 Å². The van der Waals surface area contributed by atoms with Crippen molar-refractivity contribution in [1.82, 2.24) is 4.57 Å². The third-order valence-corrected chi connectivity index (χ3v) is 7.76. The molecule has 200 valence electrons. The zero-order valence-corrected chi connectivity index (χ0v) is 23.7. The van der Waals surface area contributed by atoms with E-state index in [0.29, 0.717) is 16.5 Å². The number of carbonyl (C=O) groups excluding carboxylic acids is 1. The highest BCUT2D eigenvalue weighted by molar-refractivity contribution is 14.1. The summed E-state index contributed by atoms with van der Waals surface area (Å²) in [7, 11) is 0. The summed E-state index contributed by atoms with van der Waals surface area (Å²) >= 11 is 8.95. The number of ether oxygens (including phenoxy) is 1. The molecule has 0 radical (unpaired) electrons. The van der Waals surface area contributed by atoms with Gasteiger partial charge in [0.15, 0.2) is 10.5 Å². The van der Waals surface area contributed by atoms with Gasteiger partial charge in [-0.25, -0.2) is 9.79 Å². The van der Waals surface area contributed by atoms with Crippen molar-refractivity contribution >= 4 is 57.6 Å². The molecule has 0 saturated carbocycles. The molecule has 0 bridgehead atoms. The fourth-order valence-electron chi connectivity index (χ4n) is 4.13. The molecule has 0 N–H and O–H groups in total. The molecule has 4 aromatic rings. The predicted octanol–water partition coefficient (Wildman–Crippen LogP) is 5.86. The van der Waals surface area contributed by atoms with Crippen molar-refractivity contribution in [3.63, 3.8) is 0 Å². The topological polar surface area (TPSA) is 73.8 Å². The standard InChI is InChI=1S/C27H17ClF3IN2O4S/c1-2-37-25(36)21-22(15-3-7-16(28)8-4-15)34-24(35)20(39-26(34)33-23(21)27(29,30)31)13-18-11-12-19(38-18)14-5-9-17(32)10-6-14/h3-13,22H,2H2,1H3/b20-13-/t22-/m0/s1. The third kappa shape index (κ3) is 5.48. The number of hydrogen-bond acceptors (Lipinski definition) is 6. The molecular weight excluding hydrogens is 668 g/mol. The Morgan fingerprint density at radius 3 is 2.49 bits per heavy atom. The van der Waals surface area contributed by atoms with Crippen molar-refractivity contribution in [1.29, 1.82) is 0 Å². The number of nitrogens with zero attached hydrogens (tertiary/aromatic N) is 2. The van der Waals surface area contributed by atoms with Gasteiger partial charge in [-0.1, -0.05) is 47.2 Å². The van der Waals surface area contributed by atoms with Crippen LogP contribution in [0.2, 0.25) is 5.02 Å². The molecule has 0 aliphatic carbocycles. The number of fused-ring (bicyclic) bond motifs is 1. The van der Waals surface area contributed by atoms with Gasteiger partial charge >= 0.3 is 12.1 Å². The molecule has 0 spiro atoms. The fraction of sp³-hybridized carbons (Fsp3) is 0.148. The lowest BCUT2D eigenvalue weighted by Gasteiger charge is -2.26. The Labute approximate surface area is 241 Å². The van der Waals surface area contributed by atoms with E-state index in [0.717, 1.165) is 25.0 Å². The molecule has 5 rings (SSSR count). The average Bonchev–Trinajstić information content (AvgIpc) is 3.48. The molecule has 6 nitrogen and oxygen atoms in total. The van der Waals surface area contributed by atoms with Crippen LogP contribution in [0.4, 0.5) is 13.2 Å². The van der Waals surface area contributed by atoms with Gasteiger partial charge in [-0.3, -0.25) is 9.36 Å². The zero-order chi connectivity index (χ0) is 27.9. The van der Waals surface area contributed by atoms with Gasteiger partial charge in [-0.05, 0) is 71.5 Å². The number of allylic oxidation sites excluding steroid dienone is 1.